The number of benzene rings is 1. The summed E-state index contributed by atoms with van der Waals surface area (Å²) < 4.78 is 5.89. The van der Waals surface area contributed by atoms with Gasteiger partial charge in [0.15, 0.2) is 0 Å². The van der Waals surface area contributed by atoms with E-state index in [-0.39, 0.29) is 5.60 Å². The van der Waals surface area contributed by atoms with Crippen LogP contribution in [0.2, 0.25) is 0 Å². The lowest BCUT2D eigenvalue weighted by Crippen LogP contribution is -2.20. The Bertz CT molecular complexity index is 558. The summed E-state index contributed by atoms with van der Waals surface area (Å²) in [5, 5.41) is 0. The average Bonchev–Trinajstić information content (AvgIpc) is 3.04. The highest BCUT2D eigenvalue weighted by molar-refractivity contribution is 5.40. The number of hydrogen-bond acceptors (Lipinski definition) is 2. The molecule has 0 spiro atoms. The highest BCUT2D eigenvalue weighted by atomic mass is 16.5. The van der Waals surface area contributed by atoms with Crippen LogP contribution < -0.4 is 0 Å². The molecule has 2 heteroatoms. The second kappa shape index (κ2) is 3.86. The predicted molar refractivity (Wildman–Crippen MR) is 75.6 cm³/mol. The number of fused-ring (bicyclic) bond motifs is 2. The number of rotatable bonds is 1. The van der Waals surface area contributed by atoms with Crippen molar-refractivity contribution in [3.63, 3.8) is 0 Å². The lowest BCUT2D eigenvalue weighted by atomic mass is 9.91. The lowest BCUT2D eigenvalue weighted by molar-refractivity contribution is -0.00793. The number of nitrogens with zero attached hydrogens (tertiary/aromatic N) is 1. The fourth-order valence-electron chi connectivity index (χ4n) is 3.84. The van der Waals surface area contributed by atoms with Gasteiger partial charge >= 0.3 is 0 Å². The molecule has 0 aliphatic carbocycles. The monoisotopic (exact) mass is 255 g/mol. The van der Waals surface area contributed by atoms with Crippen LogP contribution in [0.4, 0.5) is 0 Å². The summed E-state index contributed by atoms with van der Waals surface area (Å²) in [6.45, 7) is 6.33. The van der Waals surface area contributed by atoms with Gasteiger partial charge in [0.2, 0.25) is 0 Å². The van der Waals surface area contributed by atoms with E-state index in [4.69, 9.17) is 4.74 Å². The van der Waals surface area contributed by atoms with Gasteiger partial charge in [-0.15, -0.1) is 0 Å². The minimum atomic E-state index is -0.117. The van der Waals surface area contributed by atoms with Gasteiger partial charge < -0.3 is 9.64 Å². The third-order valence-electron chi connectivity index (χ3n) is 4.92. The Hall–Kier alpha value is -1.28. The topological polar surface area (TPSA) is 12.5 Å². The van der Waals surface area contributed by atoms with Crippen LogP contribution in [0, 0.1) is 0 Å². The van der Waals surface area contributed by atoms with Crippen molar-refractivity contribution >= 4 is 0 Å². The molecule has 4 rings (SSSR count). The van der Waals surface area contributed by atoms with Crippen LogP contribution in [0.5, 0.6) is 0 Å². The molecular formula is C17H21NO. The van der Waals surface area contributed by atoms with Crippen molar-refractivity contribution in [3.8, 4) is 0 Å². The molecule has 2 nitrogen and oxygen atoms in total. The van der Waals surface area contributed by atoms with Crippen molar-refractivity contribution in [2.24, 2.45) is 0 Å². The molecule has 0 amide bonds. The normalized spacial score (nSPS) is 27.4. The van der Waals surface area contributed by atoms with Gasteiger partial charge in [0, 0.05) is 12.2 Å². The van der Waals surface area contributed by atoms with Gasteiger partial charge in [0.25, 0.3) is 0 Å². The summed E-state index contributed by atoms with van der Waals surface area (Å²) in [6, 6.07) is 7.58. The molecular weight excluding hydrogens is 234 g/mol. The minimum Gasteiger partial charge on any atom is -0.368 e. The molecule has 3 heterocycles. The van der Waals surface area contributed by atoms with Crippen LogP contribution in [0.15, 0.2) is 30.0 Å². The molecule has 0 aromatic heterocycles. The van der Waals surface area contributed by atoms with E-state index >= 15 is 0 Å². The molecule has 1 atom stereocenters. The molecule has 0 N–H and O–H groups in total. The average molecular weight is 255 g/mol. The van der Waals surface area contributed by atoms with Crippen LogP contribution in [-0.4, -0.2) is 11.4 Å². The van der Waals surface area contributed by atoms with Crippen molar-refractivity contribution < 1.29 is 4.74 Å². The summed E-state index contributed by atoms with van der Waals surface area (Å²) in [7, 11) is 0. The van der Waals surface area contributed by atoms with E-state index in [1.807, 2.05) is 0 Å². The second-order valence-electron chi connectivity index (χ2n) is 6.45. The SMILES string of the molecule is CC1(C)OCc2ccc(C3CCC4=CCCN43)cc21. The molecule has 0 radical (unpaired) electrons. The summed E-state index contributed by atoms with van der Waals surface area (Å²) in [6.07, 6.45) is 6.17. The number of hydrogen-bond donors (Lipinski definition) is 0. The maximum absolute atomic E-state index is 5.89. The number of allylic oxidation sites excluding steroid dienone is 1. The summed E-state index contributed by atoms with van der Waals surface area (Å²) in [4.78, 5) is 2.60. The van der Waals surface area contributed by atoms with Crippen molar-refractivity contribution in [2.45, 2.75) is 51.4 Å². The third-order valence-corrected chi connectivity index (χ3v) is 4.92. The van der Waals surface area contributed by atoms with E-state index in [0.717, 1.165) is 6.61 Å². The van der Waals surface area contributed by atoms with Crippen molar-refractivity contribution in [1.29, 1.82) is 0 Å². The Labute approximate surface area is 115 Å². The first-order chi connectivity index (χ1) is 9.15. The van der Waals surface area contributed by atoms with Crippen LogP contribution in [0.3, 0.4) is 0 Å². The molecule has 0 saturated carbocycles. The van der Waals surface area contributed by atoms with Gasteiger partial charge in [-0.05, 0) is 49.8 Å². The Morgan fingerprint density at radius 1 is 1.32 bits per heavy atom. The second-order valence-corrected chi connectivity index (χ2v) is 6.45. The van der Waals surface area contributed by atoms with Crippen molar-refractivity contribution in [2.75, 3.05) is 6.54 Å². The summed E-state index contributed by atoms with van der Waals surface area (Å²) in [5.41, 5.74) is 5.68. The fraction of sp³-hybridized carbons (Fsp3) is 0.529. The highest BCUT2D eigenvalue weighted by Crippen LogP contribution is 2.43. The smallest absolute Gasteiger partial charge is 0.0883 e. The van der Waals surface area contributed by atoms with Gasteiger partial charge in [0.05, 0.1) is 18.2 Å². The molecule has 1 unspecified atom stereocenters. The van der Waals surface area contributed by atoms with Gasteiger partial charge in [0.1, 0.15) is 0 Å². The van der Waals surface area contributed by atoms with E-state index in [2.05, 4.69) is 43.0 Å². The predicted octanol–water partition coefficient (Wildman–Crippen LogP) is 3.88. The summed E-state index contributed by atoms with van der Waals surface area (Å²) in [5.74, 6) is 0. The number of ether oxygens (including phenoxy) is 1. The van der Waals surface area contributed by atoms with E-state index in [1.54, 1.807) is 5.70 Å². The molecule has 0 bridgehead atoms. The Morgan fingerprint density at radius 2 is 2.21 bits per heavy atom. The lowest BCUT2D eigenvalue weighted by Gasteiger charge is -2.26. The van der Waals surface area contributed by atoms with Crippen LogP contribution in [0.1, 0.15) is 55.8 Å². The van der Waals surface area contributed by atoms with Gasteiger partial charge in [-0.25, -0.2) is 0 Å². The maximum atomic E-state index is 5.89. The molecule has 1 fully saturated rings. The molecule has 1 aromatic rings. The van der Waals surface area contributed by atoms with Crippen molar-refractivity contribution in [1.82, 2.24) is 4.90 Å². The van der Waals surface area contributed by atoms with Crippen LogP contribution >= 0.6 is 0 Å². The van der Waals surface area contributed by atoms with Crippen molar-refractivity contribution in [3.05, 3.63) is 46.7 Å². The van der Waals surface area contributed by atoms with E-state index < -0.39 is 0 Å². The summed E-state index contributed by atoms with van der Waals surface area (Å²) >= 11 is 0. The zero-order valence-electron chi connectivity index (χ0n) is 11.8. The van der Waals surface area contributed by atoms with Gasteiger partial charge in [-0.2, -0.15) is 0 Å². The molecule has 100 valence electrons. The first-order valence-electron chi connectivity index (χ1n) is 7.38. The van der Waals surface area contributed by atoms with Crippen LogP contribution in [-0.2, 0) is 16.9 Å². The third kappa shape index (κ3) is 1.66. The first-order valence-corrected chi connectivity index (χ1v) is 7.38. The minimum absolute atomic E-state index is 0.117. The van der Waals surface area contributed by atoms with E-state index in [1.165, 1.54) is 42.5 Å². The molecule has 1 aromatic carbocycles. The molecule has 3 aliphatic rings. The molecule has 3 aliphatic heterocycles. The Kier molecular flexibility index (Phi) is 2.34. The zero-order chi connectivity index (χ0) is 13.0. The molecule has 1 saturated heterocycles. The zero-order valence-corrected chi connectivity index (χ0v) is 11.8. The largest absolute Gasteiger partial charge is 0.368 e. The fourth-order valence-corrected chi connectivity index (χ4v) is 3.84. The van der Waals surface area contributed by atoms with Crippen LogP contribution in [0.25, 0.3) is 0 Å². The van der Waals surface area contributed by atoms with Gasteiger partial charge in [-0.1, -0.05) is 24.3 Å². The maximum Gasteiger partial charge on any atom is 0.0883 e. The highest BCUT2D eigenvalue weighted by Gasteiger charge is 2.35. The quantitative estimate of drug-likeness (QED) is 0.755. The Morgan fingerprint density at radius 3 is 3.11 bits per heavy atom. The molecule has 19 heavy (non-hydrogen) atoms. The van der Waals surface area contributed by atoms with Gasteiger partial charge in [-0.3, -0.25) is 0 Å². The van der Waals surface area contributed by atoms with E-state index in [9.17, 15) is 0 Å². The van der Waals surface area contributed by atoms with E-state index in [0.29, 0.717) is 6.04 Å². The Balaban J connectivity index is 1.72. The standard InChI is InChI=1S/C17H21NO/c1-17(2)15-10-12(5-6-13(15)11-19-17)16-8-7-14-4-3-9-18(14)16/h4-6,10,16H,3,7-9,11H2,1-2H3. The first kappa shape index (κ1) is 11.5.